The van der Waals surface area contributed by atoms with Crippen LogP contribution >= 0.6 is 11.6 Å². The molecule has 0 radical (unpaired) electrons. The first-order chi connectivity index (χ1) is 9.72. The summed E-state index contributed by atoms with van der Waals surface area (Å²) >= 11 is 5.85. The fourth-order valence-corrected chi connectivity index (χ4v) is 2.80. The minimum Gasteiger partial charge on any atom is -0.314 e. The van der Waals surface area contributed by atoms with Gasteiger partial charge in [-0.25, -0.2) is 4.39 Å². The van der Waals surface area contributed by atoms with Crippen molar-refractivity contribution >= 4 is 27.5 Å². The Morgan fingerprint density at radius 1 is 1.38 bits per heavy atom. The molecule has 0 amide bonds. The van der Waals surface area contributed by atoms with Crippen LogP contribution in [-0.4, -0.2) is 38.9 Å². The lowest BCUT2D eigenvalue weighted by atomic mass is 10.3. The SMILES string of the molecule is CC(C)NCCCN(C)S(=O)(=O)Nc1cc(F)ccc1Cl. The number of halogens is 2. The van der Waals surface area contributed by atoms with Gasteiger partial charge in [-0.1, -0.05) is 25.4 Å². The van der Waals surface area contributed by atoms with E-state index in [2.05, 4.69) is 10.0 Å². The molecule has 0 aliphatic carbocycles. The van der Waals surface area contributed by atoms with Crippen LogP contribution in [0, 0.1) is 5.82 Å². The fourth-order valence-electron chi connectivity index (χ4n) is 1.61. The highest BCUT2D eigenvalue weighted by atomic mass is 35.5. The van der Waals surface area contributed by atoms with Crippen molar-refractivity contribution in [2.45, 2.75) is 26.3 Å². The second-order valence-electron chi connectivity index (χ2n) is 5.02. The van der Waals surface area contributed by atoms with E-state index in [1.165, 1.54) is 23.5 Å². The third kappa shape index (κ3) is 6.17. The summed E-state index contributed by atoms with van der Waals surface area (Å²) in [5.41, 5.74) is 0.0313. The van der Waals surface area contributed by atoms with Gasteiger partial charge in [-0.3, -0.25) is 4.72 Å². The molecule has 0 heterocycles. The first-order valence-electron chi connectivity index (χ1n) is 6.65. The highest BCUT2D eigenvalue weighted by Crippen LogP contribution is 2.23. The summed E-state index contributed by atoms with van der Waals surface area (Å²) in [5, 5.41) is 3.35. The second-order valence-corrected chi connectivity index (χ2v) is 7.20. The average Bonchev–Trinajstić information content (AvgIpc) is 2.38. The Balaban J connectivity index is 2.61. The van der Waals surface area contributed by atoms with Crippen LogP contribution in [0.3, 0.4) is 0 Å². The summed E-state index contributed by atoms with van der Waals surface area (Å²) in [6, 6.07) is 3.88. The number of anilines is 1. The van der Waals surface area contributed by atoms with E-state index in [-0.39, 0.29) is 10.7 Å². The standard InChI is InChI=1S/C13H21ClFN3O2S/c1-10(2)16-7-4-8-18(3)21(19,20)17-13-9-11(15)5-6-12(13)14/h5-6,9-10,16-17H,4,7-8H2,1-3H3. The predicted molar refractivity (Wildman–Crippen MR) is 84.3 cm³/mol. The molecule has 0 aliphatic rings. The molecule has 21 heavy (non-hydrogen) atoms. The van der Waals surface area contributed by atoms with Gasteiger partial charge in [0.2, 0.25) is 0 Å². The zero-order valence-corrected chi connectivity index (χ0v) is 13.9. The highest BCUT2D eigenvalue weighted by Gasteiger charge is 2.18. The quantitative estimate of drug-likeness (QED) is 0.716. The first-order valence-corrected chi connectivity index (χ1v) is 8.46. The van der Waals surface area contributed by atoms with Gasteiger partial charge in [-0.15, -0.1) is 0 Å². The Kier molecular flexibility index (Phi) is 6.86. The van der Waals surface area contributed by atoms with Crippen molar-refractivity contribution in [1.29, 1.82) is 0 Å². The third-order valence-electron chi connectivity index (χ3n) is 2.78. The van der Waals surface area contributed by atoms with E-state index >= 15 is 0 Å². The van der Waals surface area contributed by atoms with Gasteiger partial charge >= 0.3 is 10.2 Å². The maximum atomic E-state index is 13.1. The van der Waals surface area contributed by atoms with Crippen LogP contribution in [0.15, 0.2) is 18.2 Å². The molecule has 0 aliphatic heterocycles. The van der Waals surface area contributed by atoms with E-state index in [0.717, 1.165) is 12.6 Å². The highest BCUT2D eigenvalue weighted by molar-refractivity contribution is 7.90. The molecule has 0 bridgehead atoms. The van der Waals surface area contributed by atoms with E-state index in [1.807, 2.05) is 13.8 Å². The largest absolute Gasteiger partial charge is 0.314 e. The molecular formula is C13H21ClFN3O2S. The molecule has 5 nitrogen and oxygen atoms in total. The molecule has 1 aromatic carbocycles. The van der Waals surface area contributed by atoms with Crippen molar-refractivity contribution in [3.05, 3.63) is 29.0 Å². The molecule has 1 aromatic rings. The van der Waals surface area contributed by atoms with Gasteiger partial charge in [-0.2, -0.15) is 12.7 Å². The number of benzene rings is 1. The monoisotopic (exact) mass is 337 g/mol. The molecule has 0 spiro atoms. The lowest BCUT2D eigenvalue weighted by Crippen LogP contribution is -2.35. The first kappa shape index (κ1) is 18.2. The van der Waals surface area contributed by atoms with E-state index in [0.29, 0.717) is 19.0 Å². The Morgan fingerprint density at radius 3 is 2.67 bits per heavy atom. The molecule has 0 unspecified atom stereocenters. The molecule has 0 fully saturated rings. The third-order valence-corrected chi connectivity index (χ3v) is 4.59. The zero-order valence-electron chi connectivity index (χ0n) is 12.4. The number of rotatable bonds is 8. The minimum atomic E-state index is -3.75. The molecule has 0 atom stereocenters. The van der Waals surface area contributed by atoms with E-state index < -0.39 is 16.0 Å². The van der Waals surface area contributed by atoms with Crippen molar-refractivity contribution in [3.8, 4) is 0 Å². The van der Waals surface area contributed by atoms with Crippen molar-refractivity contribution < 1.29 is 12.8 Å². The summed E-state index contributed by atoms with van der Waals surface area (Å²) in [4.78, 5) is 0. The summed E-state index contributed by atoms with van der Waals surface area (Å²) < 4.78 is 40.8. The van der Waals surface area contributed by atoms with Crippen molar-refractivity contribution in [1.82, 2.24) is 9.62 Å². The van der Waals surface area contributed by atoms with Gasteiger partial charge in [0.1, 0.15) is 5.82 Å². The minimum absolute atomic E-state index is 0.0313. The number of nitrogens with one attached hydrogen (secondary N) is 2. The molecule has 2 N–H and O–H groups in total. The number of nitrogens with zero attached hydrogens (tertiary/aromatic N) is 1. The average molecular weight is 338 g/mol. The van der Waals surface area contributed by atoms with Crippen LogP contribution in [0.25, 0.3) is 0 Å². The summed E-state index contributed by atoms with van der Waals surface area (Å²) in [5.74, 6) is -0.555. The Bertz CT molecular complexity index is 567. The maximum Gasteiger partial charge on any atom is 0.301 e. The van der Waals surface area contributed by atoms with Crippen molar-refractivity contribution in [2.24, 2.45) is 0 Å². The Labute approximate surface area is 130 Å². The van der Waals surface area contributed by atoms with Gasteiger partial charge in [0.05, 0.1) is 10.7 Å². The molecule has 0 saturated heterocycles. The van der Waals surface area contributed by atoms with Crippen LogP contribution in [-0.2, 0) is 10.2 Å². The zero-order chi connectivity index (χ0) is 16.0. The molecule has 8 heteroatoms. The summed E-state index contributed by atoms with van der Waals surface area (Å²) in [6.07, 6.45) is 0.673. The molecule has 1 rings (SSSR count). The topological polar surface area (TPSA) is 61.4 Å². The molecule has 0 aromatic heterocycles. The Morgan fingerprint density at radius 2 is 2.05 bits per heavy atom. The van der Waals surface area contributed by atoms with Crippen molar-refractivity contribution in [3.63, 3.8) is 0 Å². The van der Waals surface area contributed by atoms with Gasteiger partial charge in [0, 0.05) is 19.6 Å². The van der Waals surface area contributed by atoms with Crippen molar-refractivity contribution in [2.75, 3.05) is 24.9 Å². The lowest BCUT2D eigenvalue weighted by molar-refractivity contribution is 0.451. The van der Waals surface area contributed by atoms with Crippen LogP contribution in [0.1, 0.15) is 20.3 Å². The number of hydrogen-bond acceptors (Lipinski definition) is 3. The van der Waals surface area contributed by atoms with Gasteiger partial charge < -0.3 is 5.32 Å². The normalized spacial score (nSPS) is 12.1. The van der Waals surface area contributed by atoms with Gasteiger partial charge in [-0.05, 0) is 31.2 Å². The van der Waals surface area contributed by atoms with E-state index in [4.69, 9.17) is 11.6 Å². The fraction of sp³-hybridized carbons (Fsp3) is 0.538. The Hall–Kier alpha value is -0.890. The maximum absolute atomic E-state index is 13.1. The van der Waals surface area contributed by atoms with Gasteiger partial charge in [0.15, 0.2) is 0 Å². The van der Waals surface area contributed by atoms with E-state index in [9.17, 15) is 12.8 Å². The smallest absolute Gasteiger partial charge is 0.301 e. The summed E-state index contributed by atoms with van der Waals surface area (Å²) in [6.45, 7) is 5.11. The predicted octanol–water partition coefficient (Wildman–Crippen LogP) is 2.46. The second kappa shape index (κ2) is 7.93. The van der Waals surface area contributed by atoms with Crippen LogP contribution < -0.4 is 10.0 Å². The number of hydrogen-bond donors (Lipinski definition) is 2. The van der Waals surface area contributed by atoms with Crippen LogP contribution in [0.2, 0.25) is 5.02 Å². The summed E-state index contributed by atoms with van der Waals surface area (Å²) in [7, 11) is -2.29. The van der Waals surface area contributed by atoms with Crippen LogP contribution in [0.5, 0.6) is 0 Å². The molecular weight excluding hydrogens is 317 g/mol. The molecule has 0 saturated carbocycles. The lowest BCUT2D eigenvalue weighted by Gasteiger charge is -2.19. The van der Waals surface area contributed by atoms with Gasteiger partial charge in [0.25, 0.3) is 0 Å². The van der Waals surface area contributed by atoms with E-state index in [1.54, 1.807) is 0 Å². The van der Waals surface area contributed by atoms with Crippen LogP contribution in [0.4, 0.5) is 10.1 Å². The molecule has 120 valence electrons.